The summed E-state index contributed by atoms with van der Waals surface area (Å²) in [5, 5.41) is 4.05. The van der Waals surface area contributed by atoms with Crippen LogP contribution in [0.2, 0.25) is 5.02 Å². The number of alkyl carbamates (subject to hydrolysis) is 1. The van der Waals surface area contributed by atoms with E-state index in [1.165, 1.54) is 0 Å². The number of nitrogens with one attached hydrogen (secondary N) is 1. The van der Waals surface area contributed by atoms with Crippen LogP contribution in [0.25, 0.3) is 28.2 Å². The van der Waals surface area contributed by atoms with E-state index in [0.29, 0.717) is 16.4 Å². The highest BCUT2D eigenvalue weighted by atomic mass is 35.5. The zero-order chi connectivity index (χ0) is 24.3. The Hall–Kier alpha value is -3.70. The van der Waals surface area contributed by atoms with Crippen molar-refractivity contribution in [2.75, 3.05) is 0 Å². The molecule has 1 heterocycles. The first-order valence-corrected chi connectivity index (χ1v) is 11.3. The first-order valence-electron chi connectivity index (χ1n) is 10.9. The minimum absolute atomic E-state index is 0.203. The zero-order valence-corrected chi connectivity index (χ0v) is 20.1. The predicted molar refractivity (Wildman–Crippen MR) is 136 cm³/mol. The maximum absolute atomic E-state index is 11.9. The van der Waals surface area contributed by atoms with Crippen LogP contribution in [0, 0.1) is 0 Å². The van der Waals surface area contributed by atoms with Gasteiger partial charge in [0, 0.05) is 5.39 Å². The number of furan rings is 1. The maximum Gasteiger partial charge on any atom is 0.408 e. The fourth-order valence-electron chi connectivity index (χ4n) is 3.41. The standard InChI is InChI=1S/C28H26ClNO4/c1-5-18-6-10-22(11-7-18)32-23-12-8-19(9-13-23)20-14-21-15-24(33-26(21)25(29)16-20)17-30-27(31)34-28(2,3)4/h5-16H,1,17H2,2-4H3,(H,30,31). The maximum atomic E-state index is 11.9. The Labute approximate surface area is 203 Å². The zero-order valence-electron chi connectivity index (χ0n) is 19.4. The van der Waals surface area contributed by atoms with Crippen molar-refractivity contribution in [2.24, 2.45) is 0 Å². The smallest absolute Gasteiger partial charge is 0.408 e. The van der Waals surface area contributed by atoms with Crippen LogP contribution in [-0.2, 0) is 11.3 Å². The second-order valence-electron chi connectivity index (χ2n) is 8.84. The normalized spacial score (nSPS) is 11.3. The number of hydrogen-bond donors (Lipinski definition) is 1. The average Bonchev–Trinajstić information content (AvgIpc) is 3.21. The summed E-state index contributed by atoms with van der Waals surface area (Å²) < 4.78 is 17.0. The number of carbonyl (C=O) groups excluding carboxylic acids is 1. The largest absolute Gasteiger partial charge is 0.458 e. The highest BCUT2D eigenvalue weighted by Crippen LogP contribution is 2.34. The summed E-state index contributed by atoms with van der Waals surface area (Å²) in [6, 6.07) is 21.3. The van der Waals surface area contributed by atoms with Gasteiger partial charge in [0.2, 0.25) is 0 Å². The minimum atomic E-state index is -0.563. The summed E-state index contributed by atoms with van der Waals surface area (Å²) in [5.41, 5.74) is 3.00. The van der Waals surface area contributed by atoms with Crippen molar-refractivity contribution in [2.45, 2.75) is 32.9 Å². The Kier molecular flexibility index (Phi) is 6.66. The van der Waals surface area contributed by atoms with Crippen LogP contribution >= 0.6 is 11.6 Å². The first-order chi connectivity index (χ1) is 16.2. The molecule has 4 aromatic rings. The van der Waals surface area contributed by atoms with Gasteiger partial charge in [-0.2, -0.15) is 0 Å². The number of fused-ring (bicyclic) bond motifs is 1. The fourth-order valence-corrected chi connectivity index (χ4v) is 3.68. The Morgan fingerprint density at radius 1 is 1.00 bits per heavy atom. The quantitative estimate of drug-likeness (QED) is 0.305. The molecule has 0 fully saturated rings. The molecule has 3 aromatic carbocycles. The van der Waals surface area contributed by atoms with Crippen molar-refractivity contribution in [1.29, 1.82) is 0 Å². The third kappa shape index (κ3) is 5.80. The third-order valence-electron chi connectivity index (χ3n) is 4.97. The number of hydrogen-bond acceptors (Lipinski definition) is 4. The molecular formula is C28H26ClNO4. The van der Waals surface area contributed by atoms with Crippen molar-refractivity contribution < 1.29 is 18.7 Å². The van der Waals surface area contributed by atoms with Crippen LogP contribution in [0.4, 0.5) is 4.79 Å². The molecule has 0 spiro atoms. The van der Waals surface area contributed by atoms with Gasteiger partial charge in [0.15, 0.2) is 5.58 Å². The Balaban J connectivity index is 1.48. The monoisotopic (exact) mass is 475 g/mol. The predicted octanol–water partition coefficient (Wildman–Crippen LogP) is 8.21. The van der Waals surface area contributed by atoms with Crippen molar-refractivity contribution in [1.82, 2.24) is 5.32 Å². The van der Waals surface area contributed by atoms with Crippen LogP contribution in [0.3, 0.4) is 0 Å². The molecule has 6 heteroatoms. The third-order valence-corrected chi connectivity index (χ3v) is 5.25. The summed E-state index contributed by atoms with van der Waals surface area (Å²) in [5.74, 6) is 2.08. The summed E-state index contributed by atoms with van der Waals surface area (Å²) in [6.07, 6.45) is 1.29. The second kappa shape index (κ2) is 9.65. The molecule has 1 N–H and O–H groups in total. The number of benzene rings is 3. The van der Waals surface area contributed by atoms with Crippen LogP contribution < -0.4 is 10.1 Å². The Morgan fingerprint density at radius 3 is 2.26 bits per heavy atom. The molecule has 0 aliphatic heterocycles. The van der Waals surface area contributed by atoms with Crippen molar-refractivity contribution >= 4 is 34.7 Å². The number of rotatable bonds is 6. The van der Waals surface area contributed by atoms with E-state index in [9.17, 15) is 4.79 Å². The average molecular weight is 476 g/mol. The highest BCUT2D eigenvalue weighted by molar-refractivity contribution is 6.35. The van der Waals surface area contributed by atoms with Crippen molar-refractivity contribution in [3.05, 3.63) is 89.7 Å². The van der Waals surface area contributed by atoms with Gasteiger partial charge >= 0.3 is 6.09 Å². The fraction of sp³-hybridized carbons (Fsp3) is 0.179. The SMILES string of the molecule is C=Cc1ccc(Oc2ccc(-c3cc(Cl)c4oc(CNC(=O)OC(C)(C)C)cc4c3)cc2)cc1. The van der Waals surface area contributed by atoms with E-state index < -0.39 is 11.7 Å². The van der Waals surface area contributed by atoms with Crippen LogP contribution in [0.1, 0.15) is 32.1 Å². The molecule has 174 valence electrons. The van der Waals surface area contributed by atoms with Crippen LogP contribution in [0.5, 0.6) is 11.5 Å². The molecule has 5 nitrogen and oxygen atoms in total. The molecule has 1 aromatic heterocycles. The van der Waals surface area contributed by atoms with Gasteiger partial charge < -0.3 is 19.2 Å². The Bertz CT molecular complexity index is 1320. The van der Waals surface area contributed by atoms with Crippen molar-refractivity contribution in [3.63, 3.8) is 0 Å². The minimum Gasteiger partial charge on any atom is -0.458 e. The van der Waals surface area contributed by atoms with Crippen molar-refractivity contribution in [3.8, 4) is 22.6 Å². The van der Waals surface area contributed by atoms with E-state index in [2.05, 4.69) is 11.9 Å². The summed E-state index contributed by atoms with van der Waals surface area (Å²) >= 11 is 6.50. The van der Waals surface area contributed by atoms with Gasteiger partial charge in [-0.25, -0.2) is 4.79 Å². The topological polar surface area (TPSA) is 60.7 Å². The van der Waals surface area contributed by atoms with Gasteiger partial charge in [0.25, 0.3) is 0 Å². The molecule has 1 amide bonds. The van der Waals surface area contributed by atoms with E-state index in [1.54, 1.807) is 6.08 Å². The molecule has 0 aliphatic carbocycles. The molecule has 0 radical (unpaired) electrons. The molecule has 0 bridgehead atoms. The second-order valence-corrected chi connectivity index (χ2v) is 9.25. The lowest BCUT2D eigenvalue weighted by Gasteiger charge is -2.19. The van der Waals surface area contributed by atoms with E-state index in [0.717, 1.165) is 33.6 Å². The molecule has 34 heavy (non-hydrogen) atoms. The Morgan fingerprint density at radius 2 is 1.65 bits per heavy atom. The lowest BCUT2D eigenvalue weighted by atomic mass is 10.0. The molecule has 4 rings (SSSR count). The van der Waals surface area contributed by atoms with E-state index >= 15 is 0 Å². The van der Waals surface area contributed by atoms with Crippen LogP contribution in [-0.4, -0.2) is 11.7 Å². The molecule has 0 atom stereocenters. The molecule has 0 saturated carbocycles. The number of amides is 1. The molecular weight excluding hydrogens is 450 g/mol. The molecule has 0 aliphatic rings. The lowest BCUT2D eigenvalue weighted by Crippen LogP contribution is -2.32. The van der Waals surface area contributed by atoms with Gasteiger partial charge in [-0.15, -0.1) is 0 Å². The van der Waals surface area contributed by atoms with Gasteiger partial charge in [-0.3, -0.25) is 0 Å². The van der Waals surface area contributed by atoms with E-state index in [1.807, 2.05) is 87.5 Å². The summed E-state index contributed by atoms with van der Waals surface area (Å²) in [7, 11) is 0. The number of carbonyl (C=O) groups is 1. The number of halogens is 1. The summed E-state index contributed by atoms with van der Waals surface area (Å²) in [6.45, 7) is 9.40. The van der Waals surface area contributed by atoms with Gasteiger partial charge in [-0.1, -0.05) is 48.5 Å². The molecule has 0 saturated heterocycles. The highest BCUT2D eigenvalue weighted by Gasteiger charge is 2.17. The number of ether oxygens (including phenoxy) is 2. The van der Waals surface area contributed by atoms with Gasteiger partial charge in [0.1, 0.15) is 22.9 Å². The summed E-state index contributed by atoms with van der Waals surface area (Å²) in [4.78, 5) is 11.9. The van der Waals surface area contributed by atoms with Gasteiger partial charge in [0.05, 0.1) is 11.6 Å². The molecule has 0 unspecified atom stereocenters. The van der Waals surface area contributed by atoms with E-state index in [-0.39, 0.29) is 6.54 Å². The first kappa shape index (κ1) is 23.5. The lowest BCUT2D eigenvalue weighted by molar-refractivity contribution is 0.0520. The van der Waals surface area contributed by atoms with E-state index in [4.69, 9.17) is 25.5 Å². The van der Waals surface area contributed by atoms with Gasteiger partial charge in [-0.05, 0) is 79.9 Å². The van der Waals surface area contributed by atoms with Crippen LogP contribution in [0.15, 0.2) is 77.7 Å².